The van der Waals surface area contributed by atoms with Crippen molar-refractivity contribution in [1.82, 2.24) is 20.5 Å². The zero-order valence-corrected chi connectivity index (χ0v) is 10.1. The van der Waals surface area contributed by atoms with Crippen molar-refractivity contribution in [3.05, 3.63) is 11.6 Å². The minimum Gasteiger partial charge on any atom is -0.396 e. The number of hydrogen-bond donors (Lipinski definition) is 3. The maximum absolute atomic E-state index is 11.8. The lowest BCUT2D eigenvalue weighted by atomic mass is 10.1. The molecule has 6 heteroatoms. The number of amides is 1. The molecule has 3 N–H and O–H groups in total. The number of aliphatic hydroxyl groups is 1. The Morgan fingerprint density at radius 1 is 1.59 bits per heavy atom. The van der Waals surface area contributed by atoms with Crippen molar-refractivity contribution in [2.75, 3.05) is 6.61 Å². The van der Waals surface area contributed by atoms with E-state index in [0.29, 0.717) is 5.92 Å². The van der Waals surface area contributed by atoms with Crippen molar-refractivity contribution in [2.24, 2.45) is 5.92 Å². The first-order valence-electron chi connectivity index (χ1n) is 5.95. The van der Waals surface area contributed by atoms with Gasteiger partial charge in [-0.05, 0) is 25.7 Å². The van der Waals surface area contributed by atoms with Crippen molar-refractivity contribution >= 4 is 5.91 Å². The van der Waals surface area contributed by atoms with Gasteiger partial charge in [0.25, 0.3) is 5.91 Å². The molecular weight excluding hydrogens is 220 g/mol. The Labute approximate surface area is 99.8 Å². The van der Waals surface area contributed by atoms with E-state index >= 15 is 0 Å². The molecule has 2 unspecified atom stereocenters. The number of H-pyrrole nitrogens is 1. The third-order valence-corrected chi connectivity index (χ3v) is 3.17. The van der Waals surface area contributed by atoms with Crippen LogP contribution in [-0.4, -0.2) is 38.8 Å². The molecule has 0 aliphatic heterocycles. The van der Waals surface area contributed by atoms with Crippen LogP contribution in [-0.2, 0) is 0 Å². The molecule has 94 valence electrons. The summed E-state index contributed by atoms with van der Waals surface area (Å²) in [6.07, 6.45) is 2.24. The van der Waals surface area contributed by atoms with Gasteiger partial charge in [-0.25, -0.2) is 4.98 Å². The summed E-state index contributed by atoms with van der Waals surface area (Å²) in [4.78, 5) is 16.0. The second-order valence-electron chi connectivity index (χ2n) is 4.74. The van der Waals surface area contributed by atoms with Crippen LogP contribution >= 0.6 is 0 Å². The van der Waals surface area contributed by atoms with E-state index in [9.17, 15) is 4.79 Å². The van der Waals surface area contributed by atoms with Gasteiger partial charge < -0.3 is 10.4 Å². The highest BCUT2D eigenvalue weighted by Crippen LogP contribution is 2.37. The van der Waals surface area contributed by atoms with Gasteiger partial charge in [-0.1, -0.05) is 6.92 Å². The molecule has 1 aliphatic rings. The molecule has 0 radical (unpaired) electrons. The van der Waals surface area contributed by atoms with Crippen molar-refractivity contribution in [2.45, 2.75) is 38.6 Å². The molecule has 2 atom stereocenters. The predicted octanol–water partition coefficient (Wildman–Crippen LogP) is 0.429. The molecule has 0 saturated heterocycles. The minimum absolute atomic E-state index is 0.0146. The smallest absolute Gasteiger partial charge is 0.291 e. The van der Waals surface area contributed by atoms with E-state index < -0.39 is 0 Å². The fraction of sp³-hybridized carbons (Fsp3) is 0.727. The van der Waals surface area contributed by atoms with Gasteiger partial charge in [0.2, 0.25) is 5.82 Å². The monoisotopic (exact) mass is 238 g/mol. The summed E-state index contributed by atoms with van der Waals surface area (Å²) in [5.41, 5.74) is 0. The Kier molecular flexibility index (Phi) is 3.42. The number of hydrogen-bond acceptors (Lipinski definition) is 4. The fourth-order valence-electron chi connectivity index (χ4n) is 1.49. The van der Waals surface area contributed by atoms with Crippen LogP contribution in [0.25, 0.3) is 0 Å². The maximum Gasteiger partial charge on any atom is 0.291 e. The number of carbonyl (C=O) groups excluding carboxylic acids is 1. The summed E-state index contributed by atoms with van der Waals surface area (Å²) >= 11 is 0. The summed E-state index contributed by atoms with van der Waals surface area (Å²) in [6, 6.07) is -0.102. The molecule has 1 heterocycles. The molecule has 17 heavy (non-hydrogen) atoms. The Bertz CT molecular complexity index is 400. The molecule has 1 saturated carbocycles. The van der Waals surface area contributed by atoms with E-state index in [2.05, 4.69) is 20.5 Å². The molecule has 1 aliphatic carbocycles. The number of nitrogens with one attached hydrogen (secondary N) is 2. The second-order valence-corrected chi connectivity index (χ2v) is 4.74. The lowest BCUT2D eigenvalue weighted by Gasteiger charge is -2.18. The van der Waals surface area contributed by atoms with Crippen LogP contribution < -0.4 is 5.32 Å². The van der Waals surface area contributed by atoms with Crippen LogP contribution in [0.1, 0.15) is 49.1 Å². The first-order valence-corrected chi connectivity index (χ1v) is 5.95. The van der Waals surface area contributed by atoms with Gasteiger partial charge in [-0.2, -0.15) is 0 Å². The SMILES string of the molecule is CC(CO)C(C)NC(=O)c1n[nH]c(C2CC2)n1. The fourth-order valence-corrected chi connectivity index (χ4v) is 1.49. The summed E-state index contributed by atoms with van der Waals surface area (Å²) in [6.45, 7) is 3.77. The number of aliphatic hydroxyl groups excluding tert-OH is 1. The van der Waals surface area contributed by atoms with E-state index in [1.807, 2.05) is 13.8 Å². The van der Waals surface area contributed by atoms with Crippen LogP contribution in [0.4, 0.5) is 0 Å². The summed E-state index contributed by atoms with van der Waals surface area (Å²) < 4.78 is 0. The Morgan fingerprint density at radius 2 is 2.29 bits per heavy atom. The molecular formula is C11H18N4O2. The lowest BCUT2D eigenvalue weighted by molar-refractivity contribution is 0.0906. The van der Waals surface area contributed by atoms with E-state index in [1.165, 1.54) is 0 Å². The molecule has 1 fully saturated rings. The highest BCUT2D eigenvalue weighted by Gasteiger charge is 2.28. The number of aromatic nitrogens is 3. The van der Waals surface area contributed by atoms with Gasteiger partial charge in [-0.15, -0.1) is 5.10 Å². The van der Waals surface area contributed by atoms with E-state index in [-0.39, 0.29) is 30.3 Å². The van der Waals surface area contributed by atoms with Gasteiger partial charge in [-0.3, -0.25) is 9.89 Å². The van der Waals surface area contributed by atoms with E-state index in [1.54, 1.807) is 0 Å². The molecule has 2 rings (SSSR count). The molecule has 1 amide bonds. The quantitative estimate of drug-likeness (QED) is 0.693. The second kappa shape index (κ2) is 4.83. The topological polar surface area (TPSA) is 90.9 Å². The van der Waals surface area contributed by atoms with E-state index in [0.717, 1.165) is 18.7 Å². The van der Waals surface area contributed by atoms with Crippen molar-refractivity contribution < 1.29 is 9.90 Å². The number of carbonyl (C=O) groups is 1. The average Bonchev–Trinajstić information content (AvgIpc) is 3.05. The van der Waals surface area contributed by atoms with Gasteiger partial charge in [0.15, 0.2) is 0 Å². The molecule has 6 nitrogen and oxygen atoms in total. The van der Waals surface area contributed by atoms with Gasteiger partial charge in [0, 0.05) is 18.6 Å². The lowest BCUT2D eigenvalue weighted by Crippen LogP contribution is -2.38. The van der Waals surface area contributed by atoms with Crippen molar-refractivity contribution in [1.29, 1.82) is 0 Å². The first kappa shape index (κ1) is 12.0. The molecule has 1 aromatic heterocycles. The summed E-state index contributed by atoms with van der Waals surface area (Å²) in [5.74, 6) is 1.17. The zero-order chi connectivity index (χ0) is 12.4. The molecule has 0 aromatic carbocycles. The van der Waals surface area contributed by atoms with Crippen LogP contribution in [0.5, 0.6) is 0 Å². The van der Waals surface area contributed by atoms with Crippen LogP contribution in [0, 0.1) is 5.92 Å². The third-order valence-electron chi connectivity index (χ3n) is 3.17. The number of rotatable bonds is 5. The van der Waals surface area contributed by atoms with Crippen molar-refractivity contribution in [3.63, 3.8) is 0 Å². The average molecular weight is 238 g/mol. The molecule has 1 aromatic rings. The number of nitrogens with zero attached hydrogens (tertiary/aromatic N) is 2. The van der Waals surface area contributed by atoms with E-state index in [4.69, 9.17) is 5.11 Å². The Balaban J connectivity index is 1.94. The standard InChI is InChI=1S/C11H18N4O2/c1-6(5-16)7(2)12-11(17)10-13-9(14-15-10)8-3-4-8/h6-8,16H,3-5H2,1-2H3,(H,12,17)(H,13,14,15). The van der Waals surface area contributed by atoms with Gasteiger partial charge >= 0.3 is 0 Å². The molecule has 0 bridgehead atoms. The summed E-state index contributed by atoms with van der Waals surface area (Å²) in [5, 5.41) is 18.5. The van der Waals surface area contributed by atoms with Crippen LogP contribution in [0.2, 0.25) is 0 Å². The van der Waals surface area contributed by atoms with Crippen LogP contribution in [0.15, 0.2) is 0 Å². The van der Waals surface area contributed by atoms with Gasteiger partial charge in [0.1, 0.15) is 5.82 Å². The highest BCUT2D eigenvalue weighted by atomic mass is 16.3. The highest BCUT2D eigenvalue weighted by molar-refractivity contribution is 5.90. The van der Waals surface area contributed by atoms with Crippen molar-refractivity contribution in [3.8, 4) is 0 Å². The largest absolute Gasteiger partial charge is 0.396 e. The predicted molar refractivity (Wildman–Crippen MR) is 61.5 cm³/mol. The summed E-state index contributed by atoms with van der Waals surface area (Å²) in [7, 11) is 0. The minimum atomic E-state index is -0.291. The first-order chi connectivity index (χ1) is 8.11. The van der Waals surface area contributed by atoms with Gasteiger partial charge in [0.05, 0.1) is 0 Å². The normalized spacial score (nSPS) is 18.8. The molecule has 0 spiro atoms. The maximum atomic E-state index is 11.8. The Morgan fingerprint density at radius 3 is 2.88 bits per heavy atom. The number of aromatic amines is 1. The Hall–Kier alpha value is -1.43. The third kappa shape index (κ3) is 2.82. The van der Waals surface area contributed by atoms with Crippen LogP contribution in [0.3, 0.4) is 0 Å². The zero-order valence-electron chi connectivity index (χ0n) is 10.1.